The number of hydrogen-bond acceptors (Lipinski definition) is 4. The van der Waals surface area contributed by atoms with Crippen LogP contribution in [0.4, 0.5) is 0 Å². The van der Waals surface area contributed by atoms with Crippen molar-refractivity contribution in [2.45, 2.75) is 13.0 Å². The molecule has 1 saturated heterocycles. The summed E-state index contributed by atoms with van der Waals surface area (Å²) in [6.07, 6.45) is -0.711. The van der Waals surface area contributed by atoms with Crippen LogP contribution in [0.3, 0.4) is 0 Å². The summed E-state index contributed by atoms with van der Waals surface area (Å²) < 4.78 is 22.3. The Hall–Kier alpha value is -0.130. The summed E-state index contributed by atoms with van der Waals surface area (Å²) in [5, 5.41) is 9.31. The first-order valence-electron chi connectivity index (χ1n) is 4.14. The van der Waals surface area contributed by atoms with Crippen LogP contribution in [0.15, 0.2) is 0 Å². The highest BCUT2D eigenvalue weighted by molar-refractivity contribution is 7.91. The summed E-state index contributed by atoms with van der Waals surface area (Å²) in [5.74, 6) is 0.0986. The predicted molar refractivity (Wildman–Crippen MR) is 46.8 cm³/mol. The van der Waals surface area contributed by atoms with Gasteiger partial charge in [0.25, 0.3) is 0 Å². The molecule has 0 amide bonds. The number of sulfone groups is 1. The smallest absolute Gasteiger partial charge is 0.154 e. The zero-order valence-corrected chi connectivity index (χ0v) is 8.05. The Morgan fingerprint density at radius 3 is 2.83 bits per heavy atom. The van der Waals surface area contributed by atoms with E-state index in [1.165, 1.54) is 0 Å². The van der Waals surface area contributed by atoms with Gasteiger partial charge in [-0.15, -0.1) is 0 Å². The van der Waals surface area contributed by atoms with Gasteiger partial charge < -0.3 is 10.0 Å². The van der Waals surface area contributed by atoms with Gasteiger partial charge in [-0.05, 0) is 6.54 Å². The number of aliphatic hydroxyl groups is 1. The molecule has 4 nitrogen and oxygen atoms in total. The van der Waals surface area contributed by atoms with Crippen molar-refractivity contribution in [3.05, 3.63) is 0 Å². The molecule has 5 heteroatoms. The first kappa shape index (κ1) is 9.95. The van der Waals surface area contributed by atoms with Gasteiger partial charge >= 0.3 is 0 Å². The highest BCUT2D eigenvalue weighted by Gasteiger charge is 2.24. The summed E-state index contributed by atoms with van der Waals surface area (Å²) in [4.78, 5) is 1.95. The van der Waals surface area contributed by atoms with Crippen molar-refractivity contribution in [2.75, 3.05) is 31.1 Å². The third-order valence-electron chi connectivity index (χ3n) is 2.08. The van der Waals surface area contributed by atoms with Gasteiger partial charge in [0.05, 0.1) is 17.6 Å². The Labute approximate surface area is 73.1 Å². The molecule has 0 unspecified atom stereocenters. The molecule has 1 N–H and O–H groups in total. The number of aliphatic hydroxyl groups excluding tert-OH is 1. The maximum Gasteiger partial charge on any atom is 0.154 e. The van der Waals surface area contributed by atoms with Gasteiger partial charge in [0, 0.05) is 13.1 Å². The van der Waals surface area contributed by atoms with Gasteiger partial charge in [-0.2, -0.15) is 0 Å². The van der Waals surface area contributed by atoms with Crippen LogP contribution >= 0.6 is 0 Å². The molecule has 1 aliphatic heterocycles. The summed E-state index contributed by atoms with van der Waals surface area (Å²) in [6.45, 7) is 3.79. The highest BCUT2D eigenvalue weighted by atomic mass is 32.2. The fourth-order valence-corrected chi connectivity index (χ4v) is 2.77. The largest absolute Gasteiger partial charge is 0.391 e. The second-order valence-corrected chi connectivity index (χ2v) is 5.39. The third kappa shape index (κ3) is 2.73. The van der Waals surface area contributed by atoms with Gasteiger partial charge in [0.15, 0.2) is 9.84 Å². The lowest BCUT2D eigenvalue weighted by atomic mass is 10.3. The molecule has 1 rings (SSSR count). The SMILES string of the molecule is CCN1CCS(=O)(=O)C[C@H](O)C1. The van der Waals surface area contributed by atoms with Crippen molar-refractivity contribution in [2.24, 2.45) is 0 Å². The van der Waals surface area contributed by atoms with Gasteiger partial charge in [-0.3, -0.25) is 0 Å². The van der Waals surface area contributed by atoms with E-state index in [0.717, 1.165) is 6.54 Å². The fraction of sp³-hybridized carbons (Fsp3) is 1.00. The molecule has 1 atom stereocenters. The van der Waals surface area contributed by atoms with Crippen molar-refractivity contribution in [3.63, 3.8) is 0 Å². The first-order valence-corrected chi connectivity index (χ1v) is 5.96. The molecule has 72 valence electrons. The summed E-state index contributed by atoms with van der Waals surface area (Å²) >= 11 is 0. The second kappa shape index (κ2) is 3.72. The third-order valence-corrected chi connectivity index (χ3v) is 3.78. The van der Waals surface area contributed by atoms with Crippen molar-refractivity contribution in [1.29, 1.82) is 0 Å². The molecule has 1 fully saturated rings. The second-order valence-electron chi connectivity index (χ2n) is 3.16. The van der Waals surface area contributed by atoms with E-state index in [4.69, 9.17) is 0 Å². The van der Waals surface area contributed by atoms with Crippen LogP contribution in [0.5, 0.6) is 0 Å². The Kier molecular flexibility index (Phi) is 3.09. The van der Waals surface area contributed by atoms with Gasteiger partial charge in [0.1, 0.15) is 0 Å². The summed E-state index contributed by atoms with van der Waals surface area (Å²) in [6, 6.07) is 0. The van der Waals surface area contributed by atoms with Crippen molar-refractivity contribution >= 4 is 9.84 Å². The lowest BCUT2D eigenvalue weighted by Crippen LogP contribution is -2.32. The van der Waals surface area contributed by atoms with E-state index in [0.29, 0.717) is 13.1 Å². The van der Waals surface area contributed by atoms with Crippen molar-refractivity contribution in [3.8, 4) is 0 Å². The maximum atomic E-state index is 11.2. The van der Waals surface area contributed by atoms with Gasteiger partial charge in [-0.25, -0.2) is 8.42 Å². The Morgan fingerprint density at radius 2 is 2.25 bits per heavy atom. The van der Waals surface area contributed by atoms with E-state index in [9.17, 15) is 13.5 Å². The van der Waals surface area contributed by atoms with Crippen molar-refractivity contribution < 1.29 is 13.5 Å². The molecule has 0 aromatic rings. The van der Waals surface area contributed by atoms with Crippen LogP contribution in [0, 0.1) is 0 Å². The van der Waals surface area contributed by atoms with Crippen molar-refractivity contribution in [1.82, 2.24) is 4.90 Å². The van der Waals surface area contributed by atoms with E-state index < -0.39 is 15.9 Å². The summed E-state index contributed by atoms with van der Waals surface area (Å²) in [5.41, 5.74) is 0. The van der Waals surface area contributed by atoms with Crippen LogP contribution in [-0.4, -0.2) is 55.7 Å². The highest BCUT2D eigenvalue weighted by Crippen LogP contribution is 2.04. The number of nitrogens with zero attached hydrogens (tertiary/aromatic N) is 1. The van der Waals surface area contributed by atoms with Crippen LogP contribution in [0.25, 0.3) is 0 Å². The Balaban J connectivity index is 2.65. The maximum absolute atomic E-state index is 11.2. The molecule has 1 heterocycles. The average molecular weight is 193 g/mol. The standard InChI is InChI=1S/C7H15NO3S/c1-2-8-3-4-12(10,11)6-7(9)5-8/h7,9H,2-6H2,1H3/t7-/m1/s1. The van der Waals surface area contributed by atoms with E-state index >= 15 is 0 Å². The molecule has 0 aromatic heterocycles. The molecule has 0 saturated carbocycles. The lowest BCUT2D eigenvalue weighted by molar-refractivity contribution is 0.140. The molecule has 0 bridgehead atoms. The molecule has 0 spiro atoms. The number of rotatable bonds is 1. The minimum atomic E-state index is -3.00. The van der Waals surface area contributed by atoms with Gasteiger partial charge in [0.2, 0.25) is 0 Å². The van der Waals surface area contributed by atoms with Crippen LogP contribution in [-0.2, 0) is 9.84 Å². The minimum Gasteiger partial charge on any atom is -0.391 e. The van der Waals surface area contributed by atoms with E-state index in [1.807, 2.05) is 11.8 Å². The van der Waals surface area contributed by atoms with E-state index in [2.05, 4.69) is 0 Å². The quantitative estimate of drug-likeness (QED) is 0.586. The molecular weight excluding hydrogens is 178 g/mol. The average Bonchev–Trinajstić information content (AvgIpc) is 2.07. The molecule has 0 radical (unpaired) electrons. The van der Waals surface area contributed by atoms with Crippen LogP contribution < -0.4 is 0 Å². The number of hydrogen-bond donors (Lipinski definition) is 1. The molecule has 0 aromatic carbocycles. The van der Waals surface area contributed by atoms with Crippen LogP contribution in [0.2, 0.25) is 0 Å². The zero-order valence-electron chi connectivity index (χ0n) is 7.23. The van der Waals surface area contributed by atoms with E-state index in [1.54, 1.807) is 0 Å². The summed E-state index contributed by atoms with van der Waals surface area (Å²) in [7, 11) is -3.00. The number of β-amino-alcohol motifs (C(OH)–C–C–N with tert-alkyl or cyclic N) is 1. The number of likely N-dealkylation sites (N-methyl/N-ethyl adjacent to an activating group) is 1. The van der Waals surface area contributed by atoms with E-state index in [-0.39, 0.29) is 11.5 Å². The molecular formula is C7H15NO3S. The van der Waals surface area contributed by atoms with Crippen LogP contribution in [0.1, 0.15) is 6.92 Å². The zero-order chi connectivity index (χ0) is 9.19. The normalized spacial score (nSPS) is 31.3. The molecule has 12 heavy (non-hydrogen) atoms. The Bertz CT molecular complexity index is 237. The fourth-order valence-electron chi connectivity index (χ4n) is 1.37. The molecule has 0 aliphatic carbocycles. The predicted octanol–water partition coefficient (Wildman–Crippen LogP) is -0.902. The Morgan fingerprint density at radius 1 is 1.58 bits per heavy atom. The first-order chi connectivity index (χ1) is 5.53. The monoisotopic (exact) mass is 193 g/mol. The molecule has 1 aliphatic rings. The lowest BCUT2D eigenvalue weighted by Gasteiger charge is -2.17. The topological polar surface area (TPSA) is 57.6 Å². The minimum absolute atomic E-state index is 0.0799. The van der Waals surface area contributed by atoms with Gasteiger partial charge in [-0.1, -0.05) is 6.92 Å².